The smallest absolute Gasteiger partial charge is 0.186 e. The highest BCUT2D eigenvalue weighted by Gasteiger charge is 2.08. The van der Waals surface area contributed by atoms with Crippen LogP contribution in [0.2, 0.25) is 0 Å². The van der Waals surface area contributed by atoms with E-state index in [1.807, 2.05) is 19.2 Å². The third-order valence-electron chi connectivity index (χ3n) is 2.59. The molecule has 0 radical (unpaired) electrons. The summed E-state index contributed by atoms with van der Waals surface area (Å²) in [5.41, 5.74) is 7.17. The Hall–Kier alpha value is -2.02. The number of aromatic nitrogens is 3. The van der Waals surface area contributed by atoms with Crippen molar-refractivity contribution < 1.29 is 4.74 Å². The Balaban J connectivity index is 2.13. The average molecular weight is 277 g/mol. The summed E-state index contributed by atoms with van der Waals surface area (Å²) < 4.78 is 6.97. The highest BCUT2D eigenvalue weighted by atomic mass is 32.2. The lowest BCUT2D eigenvalue weighted by Crippen LogP contribution is -2.12. The van der Waals surface area contributed by atoms with Crippen molar-refractivity contribution in [3.05, 3.63) is 35.7 Å². The first kappa shape index (κ1) is 13.4. The van der Waals surface area contributed by atoms with Crippen molar-refractivity contribution in [2.45, 2.75) is 10.9 Å². The van der Waals surface area contributed by atoms with Crippen molar-refractivity contribution in [2.24, 2.45) is 12.8 Å². The van der Waals surface area contributed by atoms with Crippen LogP contribution in [0.4, 0.5) is 0 Å². The molecule has 1 heterocycles. The fourth-order valence-corrected chi connectivity index (χ4v) is 2.44. The molecule has 0 bridgehead atoms. The van der Waals surface area contributed by atoms with Crippen molar-refractivity contribution in [3.8, 4) is 5.75 Å². The zero-order chi connectivity index (χ0) is 13.8. The molecule has 0 amide bonds. The van der Waals surface area contributed by atoms with Crippen molar-refractivity contribution in [1.82, 2.24) is 14.8 Å². The summed E-state index contributed by atoms with van der Waals surface area (Å²) >= 11 is 1.59. The van der Waals surface area contributed by atoms with Gasteiger partial charge in [-0.25, -0.2) is 9.67 Å². The maximum Gasteiger partial charge on any atom is 0.186 e. The first-order valence-electron chi connectivity index (χ1n) is 5.60. The molecule has 1 aromatic carbocycles. The Kier molecular flexibility index (Phi) is 4.06. The Bertz CT molecular complexity index is 596. The molecule has 0 aliphatic carbocycles. The number of thioether (sulfide) groups is 1. The van der Waals surface area contributed by atoms with E-state index in [1.54, 1.807) is 29.6 Å². The maximum absolute atomic E-state index is 7.46. The molecule has 6 nitrogen and oxygen atoms in total. The third kappa shape index (κ3) is 3.05. The van der Waals surface area contributed by atoms with Crippen molar-refractivity contribution >= 4 is 17.6 Å². The number of nitrogen functional groups attached to an aromatic ring is 1. The van der Waals surface area contributed by atoms with Gasteiger partial charge in [0, 0.05) is 12.8 Å². The topological polar surface area (TPSA) is 89.8 Å². The van der Waals surface area contributed by atoms with Gasteiger partial charge in [0.15, 0.2) is 5.16 Å². The molecule has 19 heavy (non-hydrogen) atoms. The van der Waals surface area contributed by atoms with Gasteiger partial charge in [0.2, 0.25) is 0 Å². The number of rotatable bonds is 5. The molecular formula is C12H15N5OS. The van der Waals surface area contributed by atoms with E-state index in [4.69, 9.17) is 15.9 Å². The summed E-state index contributed by atoms with van der Waals surface area (Å²) in [5, 5.41) is 12.3. The molecule has 0 saturated heterocycles. The molecule has 100 valence electrons. The number of nitrogens with two attached hydrogens (primary N) is 1. The summed E-state index contributed by atoms with van der Waals surface area (Å²) in [5.74, 6) is 1.37. The zero-order valence-electron chi connectivity index (χ0n) is 10.8. The van der Waals surface area contributed by atoms with Crippen LogP contribution in [0.3, 0.4) is 0 Å². The number of hydrogen-bond acceptors (Lipinski definition) is 5. The zero-order valence-corrected chi connectivity index (χ0v) is 11.6. The lowest BCUT2D eigenvalue weighted by atomic mass is 10.1. The van der Waals surface area contributed by atoms with E-state index < -0.39 is 0 Å². The summed E-state index contributed by atoms with van der Waals surface area (Å²) in [6.07, 6.45) is 1.53. The summed E-state index contributed by atoms with van der Waals surface area (Å²) in [7, 11) is 3.43. The second-order valence-corrected chi connectivity index (χ2v) is 4.85. The molecule has 1 aromatic heterocycles. The van der Waals surface area contributed by atoms with E-state index in [0.29, 0.717) is 11.3 Å². The molecule has 0 aliphatic heterocycles. The van der Waals surface area contributed by atoms with Crippen LogP contribution in [-0.2, 0) is 12.8 Å². The van der Waals surface area contributed by atoms with Gasteiger partial charge in [0.25, 0.3) is 0 Å². The van der Waals surface area contributed by atoms with Gasteiger partial charge in [-0.05, 0) is 17.7 Å². The number of nitrogens with one attached hydrogen (secondary N) is 1. The van der Waals surface area contributed by atoms with Crippen LogP contribution in [0.1, 0.15) is 11.1 Å². The van der Waals surface area contributed by atoms with Gasteiger partial charge in [-0.15, -0.1) is 0 Å². The number of nitrogens with zero attached hydrogens (tertiary/aromatic N) is 3. The number of benzene rings is 1. The lowest BCUT2D eigenvalue weighted by Gasteiger charge is -2.09. The van der Waals surface area contributed by atoms with E-state index in [1.165, 1.54) is 6.33 Å². The highest BCUT2D eigenvalue weighted by Crippen LogP contribution is 2.25. The number of aryl methyl sites for hydroxylation is 1. The van der Waals surface area contributed by atoms with E-state index in [0.717, 1.165) is 16.5 Å². The summed E-state index contributed by atoms with van der Waals surface area (Å²) in [6.45, 7) is 0. The fourth-order valence-electron chi connectivity index (χ4n) is 1.61. The predicted octanol–water partition coefficient (Wildman–Crippen LogP) is 1.40. The monoisotopic (exact) mass is 277 g/mol. The second kappa shape index (κ2) is 5.75. The van der Waals surface area contributed by atoms with Gasteiger partial charge < -0.3 is 10.5 Å². The lowest BCUT2D eigenvalue weighted by molar-refractivity contribution is 0.413. The number of methoxy groups -OCH3 is 1. The van der Waals surface area contributed by atoms with Gasteiger partial charge in [0.05, 0.1) is 12.7 Å². The summed E-state index contributed by atoms with van der Waals surface area (Å²) in [4.78, 5) is 4.15. The molecule has 0 fully saturated rings. The molecule has 3 N–H and O–H groups in total. The van der Waals surface area contributed by atoms with Crippen LogP contribution < -0.4 is 10.5 Å². The third-order valence-corrected chi connectivity index (χ3v) is 3.70. The number of ether oxygens (including phenoxy) is 1. The number of hydrogen-bond donors (Lipinski definition) is 2. The van der Waals surface area contributed by atoms with E-state index >= 15 is 0 Å². The maximum atomic E-state index is 7.46. The highest BCUT2D eigenvalue weighted by molar-refractivity contribution is 7.98. The largest absolute Gasteiger partial charge is 0.496 e. The van der Waals surface area contributed by atoms with Crippen LogP contribution in [0.25, 0.3) is 0 Å². The summed E-state index contributed by atoms with van der Waals surface area (Å²) in [6, 6.07) is 5.62. The molecule has 0 saturated carbocycles. The minimum absolute atomic E-state index is 0.00403. The SMILES string of the molecule is COc1cc(CSc2ncnn2C)ccc1C(=N)N. The fraction of sp³-hybridized carbons (Fsp3) is 0.250. The molecule has 0 atom stereocenters. The molecule has 2 aromatic rings. The van der Waals surface area contributed by atoms with Gasteiger partial charge in [0.1, 0.15) is 17.9 Å². The molecule has 0 spiro atoms. The first-order valence-corrected chi connectivity index (χ1v) is 6.58. The van der Waals surface area contributed by atoms with Crippen LogP contribution >= 0.6 is 11.8 Å². The average Bonchev–Trinajstić information content (AvgIpc) is 2.81. The van der Waals surface area contributed by atoms with Crippen molar-refractivity contribution in [2.75, 3.05) is 7.11 Å². The molecular weight excluding hydrogens is 262 g/mol. The Morgan fingerprint density at radius 3 is 2.89 bits per heavy atom. The van der Waals surface area contributed by atoms with Gasteiger partial charge in [-0.2, -0.15) is 5.10 Å². The van der Waals surface area contributed by atoms with Crippen LogP contribution in [-0.4, -0.2) is 27.7 Å². The van der Waals surface area contributed by atoms with E-state index in [-0.39, 0.29) is 5.84 Å². The minimum atomic E-state index is 0.00403. The Morgan fingerprint density at radius 1 is 1.53 bits per heavy atom. The Labute approximate surface area is 115 Å². The molecule has 2 rings (SSSR count). The first-order chi connectivity index (χ1) is 9.11. The van der Waals surface area contributed by atoms with E-state index in [2.05, 4.69) is 10.1 Å². The van der Waals surface area contributed by atoms with Gasteiger partial charge >= 0.3 is 0 Å². The van der Waals surface area contributed by atoms with Crippen LogP contribution in [0.15, 0.2) is 29.7 Å². The van der Waals surface area contributed by atoms with E-state index in [9.17, 15) is 0 Å². The molecule has 0 unspecified atom stereocenters. The quantitative estimate of drug-likeness (QED) is 0.490. The predicted molar refractivity (Wildman–Crippen MR) is 74.6 cm³/mol. The molecule has 7 heteroatoms. The van der Waals surface area contributed by atoms with Crippen LogP contribution in [0, 0.1) is 5.41 Å². The minimum Gasteiger partial charge on any atom is -0.496 e. The second-order valence-electron chi connectivity index (χ2n) is 3.90. The normalized spacial score (nSPS) is 10.4. The Morgan fingerprint density at radius 2 is 2.32 bits per heavy atom. The standard InChI is InChI=1S/C12H15N5OS/c1-17-12(15-7-16-17)19-6-8-3-4-9(11(13)14)10(5-8)18-2/h3-5,7H,6H2,1-2H3,(H3,13,14). The van der Waals surface area contributed by atoms with Crippen LogP contribution in [0.5, 0.6) is 5.75 Å². The van der Waals surface area contributed by atoms with Crippen molar-refractivity contribution in [1.29, 1.82) is 5.41 Å². The van der Waals surface area contributed by atoms with Gasteiger partial charge in [-0.1, -0.05) is 17.8 Å². The van der Waals surface area contributed by atoms with Crippen molar-refractivity contribution in [3.63, 3.8) is 0 Å². The molecule has 0 aliphatic rings. The van der Waals surface area contributed by atoms with Gasteiger partial charge in [-0.3, -0.25) is 5.41 Å². The number of amidine groups is 1.